The topological polar surface area (TPSA) is 36.4 Å². The van der Waals surface area contributed by atoms with Crippen molar-refractivity contribution in [3.63, 3.8) is 0 Å². The minimum atomic E-state index is -0.381. The van der Waals surface area contributed by atoms with Gasteiger partial charge in [0.2, 0.25) is 0 Å². The largest absolute Gasteiger partial charge is 0.354 e. The van der Waals surface area contributed by atoms with E-state index in [1.54, 1.807) is 12.1 Å². The summed E-state index contributed by atoms with van der Waals surface area (Å²) in [5.41, 5.74) is 0.377. The molecule has 0 saturated carbocycles. The van der Waals surface area contributed by atoms with E-state index in [0.29, 0.717) is 16.7 Å². The summed E-state index contributed by atoms with van der Waals surface area (Å²) in [6, 6.07) is 4.47. The molecule has 0 amide bonds. The Morgan fingerprint density at radius 2 is 2.36 bits per heavy atom. The summed E-state index contributed by atoms with van der Waals surface area (Å²) in [6.45, 7) is 1.51. The summed E-state index contributed by atoms with van der Waals surface area (Å²) in [4.78, 5) is 4.09. The van der Waals surface area contributed by atoms with Gasteiger partial charge in [-0.15, -0.1) is 0 Å². The molecule has 3 nitrogen and oxygen atoms in total. The highest BCUT2D eigenvalue weighted by atomic mass is 35.5. The molecule has 14 heavy (non-hydrogen) atoms. The van der Waals surface area contributed by atoms with E-state index in [1.807, 2.05) is 0 Å². The molecule has 0 radical (unpaired) electrons. The first kappa shape index (κ1) is 9.27. The fourth-order valence-electron chi connectivity index (χ4n) is 1.20. The number of aliphatic imine (C=N–C) groups is 1. The van der Waals surface area contributed by atoms with Crippen LogP contribution in [0.15, 0.2) is 23.2 Å². The number of nitrogens with one attached hydrogen (secondary N) is 2. The second kappa shape index (κ2) is 3.84. The first-order valence-electron chi connectivity index (χ1n) is 4.26. The summed E-state index contributed by atoms with van der Waals surface area (Å²) in [5, 5.41) is 6.21. The molecular formula is C9H9ClFN3. The van der Waals surface area contributed by atoms with Gasteiger partial charge in [-0.25, -0.2) is 4.39 Å². The highest BCUT2D eigenvalue weighted by Crippen LogP contribution is 2.18. The number of anilines is 1. The van der Waals surface area contributed by atoms with Gasteiger partial charge in [-0.2, -0.15) is 0 Å². The van der Waals surface area contributed by atoms with E-state index >= 15 is 0 Å². The molecule has 0 fully saturated rings. The Balaban J connectivity index is 2.16. The van der Waals surface area contributed by atoms with Gasteiger partial charge in [0.1, 0.15) is 5.82 Å². The minimum absolute atomic E-state index is 0.377. The predicted octanol–water partition coefficient (Wildman–Crippen LogP) is 1.85. The Bertz CT molecular complexity index is 378. The Morgan fingerprint density at radius 1 is 1.50 bits per heavy atom. The monoisotopic (exact) mass is 213 g/mol. The van der Waals surface area contributed by atoms with Crippen LogP contribution in [0.25, 0.3) is 0 Å². The standard InChI is InChI=1S/C9H9ClFN3/c10-6-1-2-8(7(11)5-6)14-9-12-3-4-13-9/h1-2,5H,3-4H2,(H2,12,13,14). The zero-order valence-electron chi connectivity index (χ0n) is 7.35. The summed E-state index contributed by atoms with van der Waals surface area (Å²) >= 11 is 5.62. The minimum Gasteiger partial charge on any atom is -0.354 e. The van der Waals surface area contributed by atoms with E-state index in [4.69, 9.17) is 11.6 Å². The number of benzene rings is 1. The van der Waals surface area contributed by atoms with Crippen LogP contribution in [-0.2, 0) is 0 Å². The van der Waals surface area contributed by atoms with Crippen LogP contribution >= 0.6 is 11.6 Å². The number of hydrogen-bond acceptors (Lipinski definition) is 3. The summed E-state index contributed by atoms with van der Waals surface area (Å²) < 4.78 is 13.3. The number of nitrogens with zero attached hydrogens (tertiary/aromatic N) is 1. The van der Waals surface area contributed by atoms with Crippen molar-refractivity contribution in [3.8, 4) is 0 Å². The number of halogens is 2. The van der Waals surface area contributed by atoms with Gasteiger partial charge in [0.25, 0.3) is 0 Å². The third kappa shape index (κ3) is 1.96. The molecule has 1 aromatic carbocycles. The molecule has 0 bridgehead atoms. The molecule has 1 aliphatic rings. The second-order valence-electron chi connectivity index (χ2n) is 2.91. The molecule has 74 valence electrons. The zero-order chi connectivity index (χ0) is 9.97. The Kier molecular flexibility index (Phi) is 2.54. The molecule has 1 aromatic rings. The third-order valence-electron chi connectivity index (χ3n) is 1.86. The normalized spacial score (nSPS) is 14.9. The molecule has 2 rings (SSSR count). The van der Waals surface area contributed by atoms with E-state index in [9.17, 15) is 4.39 Å². The Morgan fingerprint density at radius 3 is 3.00 bits per heavy atom. The lowest BCUT2D eigenvalue weighted by atomic mass is 10.3. The fraction of sp³-hybridized carbons (Fsp3) is 0.222. The lowest BCUT2D eigenvalue weighted by molar-refractivity contribution is 0.632. The molecule has 0 aliphatic carbocycles. The molecule has 1 heterocycles. The van der Waals surface area contributed by atoms with Gasteiger partial charge in [0.05, 0.1) is 12.2 Å². The van der Waals surface area contributed by atoms with Crippen LogP contribution in [-0.4, -0.2) is 19.0 Å². The SMILES string of the molecule is Fc1cc(Cl)ccc1NC1=NCCN1. The third-order valence-corrected chi connectivity index (χ3v) is 2.09. The maximum Gasteiger partial charge on any atom is 0.196 e. The van der Waals surface area contributed by atoms with E-state index in [-0.39, 0.29) is 5.82 Å². The van der Waals surface area contributed by atoms with Crippen molar-refractivity contribution in [2.24, 2.45) is 4.99 Å². The van der Waals surface area contributed by atoms with Crippen molar-refractivity contribution in [2.45, 2.75) is 0 Å². The summed E-state index contributed by atoms with van der Waals surface area (Å²) in [7, 11) is 0. The quantitative estimate of drug-likeness (QED) is 0.747. The van der Waals surface area contributed by atoms with Crippen molar-refractivity contribution in [1.29, 1.82) is 0 Å². The molecule has 0 saturated heterocycles. The van der Waals surface area contributed by atoms with Crippen LogP contribution < -0.4 is 10.6 Å². The second-order valence-corrected chi connectivity index (χ2v) is 3.34. The molecule has 0 aromatic heterocycles. The van der Waals surface area contributed by atoms with Crippen LogP contribution in [0.2, 0.25) is 5.02 Å². The maximum absolute atomic E-state index is 13.3. The number of guanidine groups is 1. The van der Waals surface area contributed by atoms with E-state index < -0.39 is 0 Å². The summed E-state index contributed by atoms with van der Waals surface area (Å²) in [5.74, 6) is 0.222. The van der Waals surface area contributed by atoms with Gasteiger partial charge in [0.15, 0.2) is 5.96 Å². The fourth-order valence-corrected chi connectivity index (χ4v) is 1.36. The van der Waals surface area contributed by atoms with Crippen molar-refractivity contribution < 1.29 is 4.39 Å². The van der Waals surface area contributed by atoms with Crippen molar-refractivity contribution in [2.75, 3.05) is 18.4 Å². The van der Waals surface area contributed by atoms with Gasteiger partial charge in [-0.1, -0.05) is 11.6 Å². The first-order chi connectivity index (χ1) is 6.75. The van der Waals surface area contributed by atoms with E-state index in [1.165, 1.54) is 6.07 Å². The average molecular weight is 214 g/mol. The van der Waals surface area contributed by atoms with Crippen LogP contribution in [0.1, 0.15) is 0 Å². The predicted molar refractivity (Wildman–Crippen MR) is 55.3 cm³/mol. The van der Waals surface area contributed by atoms with E-state index in [0.717, 1.165) is 13.1 Å². The Labute approximate surface area is 86.0 Å². The molecule has 2 N–H and O–H groups in total. The van der Waals surface area contributed by atoms with Crippen molar-refractivity contribution in [1.82, 2.24) is 5.32 Å². The summed E-state index contributed by atoms with van der Waals surface area (Å²) in [6.07, 6.45) is 0. The van der Waals surface area contributed by atoms with Crippen LogP contribution in [0, 0.1) is 5.82 Å². The smallest absolute Gasteiger partial charge is 0.196 e. The molecule has 0 atom stereocenters. The van der Waals surface area contributed by atoms with Gasteiger partial charge >= 0.3 is 0 Å². The van der Waals surface area contributed by atoms with E-state index in [2.05, 4.69) is 15.6 Å². The van der Waals surface area contributed by atoms with Gasteiger partial charge in [-0.05, 0) is 18.2 Å². The first-order valence-corrected chi connectivity index (χ1v) is 4.64. The highest BCUT2D eigenvalue weighted by Gasteiger charge is 2.08. The highest BCUT2D eigenvalue weighted by molar-refractivity contribution is 6.30. The van der Waals surface area contributed by atoms with Gasteiger partial charge in [0, 0.05) is 11.6 Å². The van der Waals surface area contributed by atoms with Gasteiger partial charge < -0.3 is 10.6 Å². The van der Waals surface area contributed by atoms with Crippen LogP contribution in [0.5, 0.6) is 0 Å². The lowest BCUT2D eigenvalue weighted by Gasteiger charge is -2.07. The van der Waals surface area contributed by atoms with Crippen molar-refractivity contribution >= 4 is 23.2 Å². The zero-order valence-corrected chi connectivity index (χ0v) is 8.11. The van der Waals surface area contributed by atoms with Crippen molar-refractivity contribution in [3.05, 3.63) is 29.0 Å². The number of rotatable bonds is 1. The average Bonchev–Trinajstić information content (AvgIpc) is 2.62. The lowest BCUT2D eigenvalue weighted by Crippen LogP contribution is -2.26. The number of hydrogen-bond donors (Lipinski definition) is 2. The molecular weight excluding hydrogens is 205 g/mol. The molecule has 0 unspecified atom stereocenters. The molecule has 0 spiro atoms. The van der Waals surface area contributed by atoms with Crippen LogP contribution in [0.4, 0.5) is 10.1 Å². The maximum atomic E-state index is 13.3. The van der Waals surface area contributed by atoms with Crippen LogP contribution in [0.3, 0.4) is 0 Å². The molecule has 1 aliphatic heterocycles. The molecule has 5 heteroatoms. The van der Waals surface area contributed by atoms with Gasteiger partial charge in [-0.3, -0.25) is 4.99 Å². The Hall–Kier alpha value is -1.29.